The number of carboxylic acid groups (broad SMARTS) is 1. The molecule has 1 N–H and O–H groups in total. The third-order valence-corrected chi connectivity index (χ3v) is 6.70. The van der Waals surface area contributed by atoms with E-state index in [4.69, 9.17) is 0 Å². The van der Waals surface area contributed by atoms with Crippen LogP contribution in [0.15, 0.2) is 24.3 Å². The van der Waals surface area contributed by atoms with E-state index in [0.717, 1.165) is 38.9 Å². The molecule has 4 rings (SSSR count). The van der Waals surface area contributed by atoms with Crippen LogP contribution < -0.4 is 0 Å². The van der Waals surface area contributed by atoms with Gasteiger partial charge in [-0.3, -0.25) is 14.5 Å². The molecule has 0 aromatic heterocycles. The smallest absolute Gasteiger partial charge is 0.307 e. The van der Waals surface area contributed by atoms with Crippen molar-refractivity contribution in [1.29, 1.82) is 0 Å². The molecule has 3 fully saturated rings. The lowest BCUT2D eigenvalue weighted by molar-refractivity contribution is -0.153. The van der Waals surface area contributed by atoms with Crippen LogP contribution >= 0.6 is 0 Å². The minimum absolute atomic E-state index is 0.0968. The zero-order valence-electron chi connectivity index (χ0n) is 15.4. The maximum atomic E-state index is 13.1. The van der Waals surface area contributed by atoms with Crippen molar-refractivity contribution >= 4 is 11.9 Å². The molecule has 140 valence electrons. The molecule has 1 aliphatic heterocycles. The molecule has 1 aromatic carbocycles. The van der Waals surface area contributed by atoms with Gasteiger partial charge in [0.25, 0.3) is 0 Å². The van der Waals surface area contributed by atoms with Crippen LogP contribution in [0.5, 0.6) is 0 Å². The van der Waals surface area contributed by atoms with Gasteiger partial charge < -0.3 is 10.0 Å². The van der Waals surface area contributed by atoms with Gasteiger partial charge in [0.1, 0.15) is 0 Å². The molecule has 1 amide bonds. The first-order valence-electron chi connectivity index (χ1n) is 9.82. The van der Waals surface area contributed by atoms with Gasteiger partial charge in [0.2, 0.25) is 5.91 Å². The average molecular weight is 356 g/mol. The monoisotopic (exact) mass is 356 g/mol. The Morgan fingerprint density at radius 1 is 1.00 bits per heavy atom. The SMILES string of the molecule is Cc1ccc(CN2CCN(C(=O)[C@@H]3[C@H]4CC[C@@H](C4)[C@@H]3C(=O)O)CC2)cc1. The van der Waals surface area contributed by atoms with Gasteiger partial charge in [-0.25, -0.2) is 0 Å². The summed E-state index contributed by atoms with van der Waals surface area (Å²) in [5.41, 5.74) is 2.57. The summed E-state index contributed by atoms with van der Waals surface area (Å²) in [5.74, 6) is -0.900. The highest BCUT2D eigenvalue weighted by Crippen LogP contribution is 2.53. The van der Waals surface area contributed by atoms with Gasteiger partial charge in [-0.1, -0.05) is 29.8 Å². The second kappa shape index (κ2) is 7.03. The standard InChI is InChI=1S/C21H28N2O3/c1-14-2-4-15(5-3-14)13-22-8-10-23(11-9-22)20(24)18-16-6-7-17(12-16)19(18)21(25)26/h2-5,16-19H,6-13H2,1H3,(H,25,26)/t16-,17-,18+,19-/m0/s1. The predicted molar refractivity (Wildman–Crippen MR) is 98.5 cm³/mol. The molecule has 0 spiro atoms. The summed E-state index contributed by atoms with van der Waals surface area (Å²) in [6, 6.07) is 8.60. The molecule has 1 aromatic rings. The number of carbonyl (C=O) groups excluding carboxylic acids is 1. The normalized spacial score (nSPS) is 31.3. The zero-order chi connectivity index (χ0) is 18.3. The number of hydrogen-bond acceptors (Lipinski definition) is 3. The molecule has 5 nitrogen and oxygen atoms in total. The number of benzene rings is 1. The molecule has 2 aliphatic carbocycles. The number of fused-ring (bicyclic) bond motifs is 2. The van der Waals surface area contributed by atoms with E-state index in [1.54, 1.807) is 0 Å². The van der Waals surface area contributed by atoms with E-state index in [2.05, 4.69) is 36.1 Å². The van der Waals surface area contributed by atoms with Gasteiger partial charge in [0, 0.05) is 32.7 Å². The van der Waals surface area contributed by atoms with E-state index in [1.807, 2.05) is 4.90 Å². The number of nitrogens with zero attached hydrogens (tertiary/aromatic N) is 2. The minimum Gasteiger partial charge on any atom is -0.481 e. The van der Waals surface area contributed by atoms with E-state index in [-0.39, 0.29) is 17.7 Å². The maximum Gasteiger partial charge on any atom is 0.307 e. The molecule has 1 heterocycles. The first-order valence-corrected chi connectivity index (χ1v) is 9.82. The van der Waals surface area contributed by atoms with Crippen LogP contribution in [0.2, 0.25) is 0 Å². The van der Waals surface area contributed by atoms with Crippen molar-refractivity contribution in [2.45, 2.75) is 32.7 Å². The van der Waals surface area contributed by atoms with E-state index in [1.165, 1.54) is 11.1 Å². The Morgan fingerprint density at radius 3 is 2.23 bits per heavy atom. The quantitative estimate of drug-likeness (QED) is 0.900. The van der Waals surface area contributed by atoms with Crippen molar-refractivity contribution in [2.24, 2.45) is 23.7 Å². The molecule has 2 bridgehead atoms. The summed E-state index contributed by atoms with van der Waals surface area (Å²) in [6.07, 6.45) is 2.94. The minimum atomic E-state index is -0.770. The van der Waals surface area contributed by atoms with Crippen LogP contribution in [0.4, 0.5) is 0 Å². The number of carbonyl (C=O) groups is 2. The summed E-state index contributed by atoms with van der Waals surface area (Å²) >= 11 is 0. The third kappa shape index (κ3) is 3.25. The molecular weight excluding hydrogens is 328 g/mol. The predicted octanol–water partition coefficient (Wildman–Crippen LogP) is 2.39. The summed E-state index contributed by atoms with van der Waals surface area (Å²) < 4.78 is 0. The fraction of sp³-hybridized carbons (Fsp3) is 0.619. The highest BCUT2D eigenvalue weighted by Gasteiger charge is 2.54. The van der Waals surface area contributed by atoms with Crippen LogP contribution in [0.3, 0.4) is 0 Å². The van der Waals surface area contributed by atoms with Crippen molar-refractivity contribution in [2.75, 3.05) is 26.2 Å². The van der Waals surface area contributed by atoms with Crippen molar-refractivity contribution in [3.8, 4) is 0 Å². The van der Waals surface area contributed by atoms with E-state index < -0.39 is 11.9 Å². The molecule has 5 heteroatoms. The van der Waals surface area contributed by atoms with Gasteiger partial charge in [0.15, 0.2) is 0 Å². The lowest BCUT2D eigenvalue weighted by Crippen LogP contribution is -2.52. The van der Waals surface area contributed by atoms with Crippen molar-refractivity contribution in [3.05, 3.63) is 35.4 Å². The van der Waals surface area contributed by atoms with Crippen molar-refractivity contribution < 1.29 is 14.7 Å². The van der Waals surface area contributed by atoms with Gasteiger partial charge in [-0.2, -0.15) is 0 Å². The summed E-state index contributed by atoms with van der Waals surface area (Å²) in [5, 5.41) is 9.60. The first kappa shape index (κ1) is 17.5. The average Bonchev–Trinajstić information content (AvgIpc) is 3.25. The number of hydrogen-bond donors (Lipinski definition) is 1. The molecule has 1 saturated heterocycles. The molecule has 3 aliphatic rings. The Labute approximate surface area is 155 Å². The number of aryl methyl sites for hydroxylation is 1. The molecule has 0 radical (unpaired) electrons. The maximum absolute atomic E-state index is 13.1. The molecule has 2 saturated carbocycles. The number of rotatable bonds is 4. The largest absolute Gasteiger partial charge is 0.481 e. The summed E-state index contributed by atoms with van der Waals surface area (Å²) in [6.45, 7) is 6.15. The number of aliphatic carboxylic acids is 1. The van der Waals surface area contributed by atoms with Gasteiger partial charge in [-0.15, -0.1) is 0 Å². The Kier molecular flexibility index (Phi) is 4.74. The molecular formula is C21H28N2O3. The summed E-state index contributed by atoms with van der Waals surface area (Å²) in [7, 11) is 0. The number of piperazine rings is 1. The Hall–Kier alpha value is -1.88. The summed E-state index contributed by atoms with van der Waals surface area (Å²) in [4.78, 5) is 29.0. The van der Waals surface area contributed by atoms with Crippen LogP contribution in [0.1, 0.15) is 30.4 Å². The number of amides is 1. The number of carboxylic acids is 1. The molecule has 0 unspecified atom stereocenters. The van der Waals surface area contributed by atoms with Crippen LogP contribution in [-0.4, -0.2) is 53.0 Å². The highest BCUT2D eigenvalue weighted by molar-refractivity contribution is 5.86. The molecule has 4 atom stereocenters. The second-order valence-corrected chi connectivity index (χ2v) is 8.31. The Bertz CT molecular complexity index is 679. The Morgan fingerprint density at radius 2 is 1.62 bits per heavy atom. The van der Waals surface area contributed by atoms with E-state index in [9.17, 15) is 14.7 Å². The topological polar surface area (TPSA) is 60.9 Å². The van der Waals surface area contributed by atoms with Crippen molar-refractivity contribution in [3.63, 3.8) is 0 Å². The van der Waals surface area contributed by atoms with Crippen LogP contribution in [0.25, 0.3) is 0 Å². The van der Waals surface area contributed by atoms with E-state index >= 15 is 0 Å². The van der Waals surface area contributed by atoms with Gasteiger partial charge in [-0.05, 0) is 43.6 Å². The lowest BCUT2D eigenvalue weighted by atomic mass is 9.78. The highest BCUT2D eigenvalue weighted by atomic mass is 16.4. The van der Waals surface area contributed by atoms with Gasteiger partial charge in [0.05, 0.1) is 11.8 Å². The zero-order valence-corrected chi connectivity index (χ0v) is 15.4. The first-order chi connectivity index (χ1) is 12.5. The lowest BCUT2D eigenvalue weighted by Gasteiger charge is -2.38. The van der Waals surface area contributed by atoms with Gasteiger partial charge >= 0.3 is 5.97 Å². The third-order valence-electron chi connectivity index (χ3n) is 6.70. The second-order valence-electron chi connectivity index (χ2n) is 8.31. The fourth-order valence-electron chi connectivity index (χ4n) is 5.29. The van der Waals surface area contributed by atoms with Crippen LogP contribution in [-0.2, 0) is 16.1 Å². The fourth-order valence-corrected chi connectivity index (χ4v) is 5.29. The van der Waals surface area contributed by atoms with E-state index in [0.29, 0.717) is 19.0 Å². The Balaban J connectivity index is 1.35. The van der Waals surface area contributed by atoms with Crippen molar-refractivity contribution in [1.82, 2.24) is 9.80 Å². The molecule has 26 heavy (non-hydrogen) atoms. The van der Waals surface area contributed by atoms with Crippen LogP contribution in [0, 0.1) is 30.6 Å².